The van der Waals surface area contributed by atoms with E-state index in [9.17, 15) is 15.0 Å². The van der Waals surface area contributed by atoms with Crippen LogP contribution in [0, 0.1) is 0 Å². The minimum absolute atomic E-state index is 0.234. The molecule has 0 aromatic heterocycles. The van der Waals surface area contributed by atoms with Gasteiger partial charge in [0.15, 0.2) is 0 Å². The number of benzene rings is 1. The van der Waals surface area contributed by atoms with Crippen molar-refractivity contribution < 1.29 is 19.7 Å². The number of amides is 1. The van der Waals surface area contributed by atoms with Crippen LogP contribution in [0.3, 0.4) is 0 Å². The molecule has 1 aliphatic carbocycles. The average Bonchev–Trinajstić information content (AvgIpc) is 2.72. The highest BCUT2D eigenvalue weighted by Gasteiger charge is 2.34. The summed E-state index contributed by atoms with van der Waals surface area (Å²) in [4.78, 5) is 12.0. The Balaban J connectivity index is 1.96. The van der Waals surface area contributed by atoms with E-state index in [0.29, 0.717) is 25.0 Å². The van der Waals surface area contributed by atoms with Crippen molar-refractivity contribution >= 4 is 5.91 Å². The molecule has 0 bridgehead atoms. The van der Waals surface area contributed by atoms with Gasteiger partial charge in [-0.3, -0.25) is 4.79 Å². The molecular formula is C14H19NO4. The Bertz CT molecular complexity index is 432. The zero-order valence-electron chi connectivity index (χ0n) is 10.9. The molecule has 1 aromatic rings. The number of nitrogens with one attached hydrogen (secondary N) is 1. The molecule has 3 atom stereocenters. The summed E-state index contributed by atoms with van der Waals surface area (Å²) < 4.78 is 5.00. The summed E-state index contributed by atoms with van der Waals surface area (Å²) in [5.41, 5.74) is 1.53. The molecule has 5 nitrogen and oxygen atoms in total. The van der Waals surface area contributed by atoms with Crippen LogP contribution in [0.25, 0.3) is 0 Å². The van der Waals surface area contributed by atoms with Gasteiger partial charge in [-0.05, 0) is 30.5 Å². The highest BCUT2D eigenvalue weighted by Crippen LogP contribution is 2.20. The molecule has 1 aliphatic rings. The Hall–Kier alpha value is -1.43. The van der Waals surface area contributed by atoms with E-state index in [2.05, 4.69) is 5.32 Å². The third kappa shape index (κ3) is 3.32. The largest absolute Gasteiger partial charge is 0.390 e. The lowest BCUT2D eigenvalue weighted by Crippen LogP contribution is -2.42. The second-order valence-electron chi connectivity index (χ2n) is 4.85. The third-order valence-electron chi connectivity index (χ3n) is 3.42. The van der Waals surface area contributed by atoms with E-state index in [1.165, 1.54) is 0 Å². The van der Waals surface area contributed by atoms with Crippen molar-refractivity contribution in [3.8, 4) is 0 Å². The predicted molar refractivity (Wildman–Crippen MR) is 69.7 cm³/mol. The van der Waals surface area contributed by atoms with Crippen molar-refractivity contribution in [1.82, 2.24) is 5.32 Å². The Morgan fingerprint density at radius 1 is 1.32 bits per heavy atom. The van der Waals surface area contributed by atoms with Crippen LogP contribution < -0.4 is 5.32 Å². The molecule has 0 saturated heterocycles. The molecule has 2 rings (SSSR count). The summed E-state index contributed by atoms with van der Waals surface area (Å²) in [5.74, 6) is -0.234. The molecule has 19 heavy (non-hydrogen) atoms. The summed E-state index contributed by atoms with van der Waals surface area (Å²) >= 11 is 0. The van der Waals surface area contributed by atoms with E-state index in [0.717, 1.165) is 5.56 Å². The van der Waals surface area contributed by atoms with Gasteiger partial charge in [-0.2, -0.15) is 0 Å². The molecule has 0 heterocycles. The quantitative estimate of drug-likeness (QED) is 0.738. The van der Waals surface area contributed by atoms with Crippen molar-refractivity contribution in [2.75, 3.05) is 7.11 Å². The molecule has 1 fully saturated rings. The molecule has 3 N–H and O–H groups in total. The van der Waals surface area contributed by atoms with Gasteiger partial charge in [-0.1, -0.05) is 12.1 Å². The van der Waals surface area contributed by atoms with Gasteiger partial charge in [-0.25, -0.2) is 0 Å². The number of hydrogen-bond acceptors (Lipinski definition) is 4. The number of carbonyl (C=O) groups is 1. The van der Waals surface area contributed by atoms with Crippen LogP contribution in [0.1, 0.15) is 28.8 Å². The number of methoxy groups -OCH3 is 1. The van der Waals surface area contributed by atoms with E-state index in [1.54, 1.807) is 19.2 Å². The third-order valence-corrected chi connectivity index (χ3v) is 3.42. The van der Waals surface area contributed by atoms with Crippen LogP contribution in [0.2, 0.25) is 0 Å². The van der Waals surface area contributed by atoms with E-state index < -0.39 is 12.2 Å². The molecule has 0 unspecified atom stereocenters. The standard InChI is InChI=1S/C14H19NO4/c1-19-8-9-2-4-10(5-3-9)14(18)15-11-6-7-12(16)13(11)17/h2-5,11-13,16-17H,6-8H2,1H3,(H,15,18)/t11-,12-,13-/m1/s1. The van der Waals surface area contributed by atoms with Gasteiger partial charge in [0.1, 0.15) is 6.10 Å². The Morgan fingerprint density at radius 3 is 2.53 bits per heavy atom. The summed E-state index contributed by atoms with van der Waals surface area (Å²) in [6.45, 7) is 0.509. The lowest BCUT2D eigenvalue weighted by Gasteiger charge is -2.18. The fourth-order valence-electron chi connectivity index (χ4n) is 2.29. The Labute approximate surface area is 112 Å². The zero-order valence-corrected chi connectivity index (χ0v) is 10.9. The molecule has 5 heteroatoms. The van der Waals surface area contributed by atoms with E-state index in [1.807, 2.05) is 12.1 Å². The maximum atomic E-state index is 12.0. The van der Waals surface area contributed by atoms with Gasteiger partial charge in [0.2, 0.25) is 0 Å². The fourth-order valence-corrected chi connectivity index (χ4v) is 2.29. The number of aliphatic hydroxyl groups excluding tert-OH is 2. The van der Waals surface area contributed by atoms with Crippen molar-refractivity contribution in [3.05, 3.63) is 35.4 Å². The summed E-state index contributed by atoms with van der Waals surface area (Å²) in [7, 11) is 1.62. The van der Waals surface area contributed by atoms with Crippen LogP contribution in [-0.2, 0) is 11.3 Å². The molecule has 0 aliphatic heterocycles. The highest BCUT2D eigenvalue weighted by atomic mass is 16.5. The monoisotopic (exact) mass is 265 g/mol. The first-order valence-electron chi connectivity index (χ1n) is 6.36. The molecule has 1 aromatic carbocycles. The number of rotatable bonds is 4. The SMILES string of the molecule is COCc1ccc(C(=O)N[C@@H]2CC[C@@H](O)[C@@H]2O)cc1. The van der Waals surface area contributed by atoms with Crippen molar-refractivity contribution in [2.24, 2.45) is 0 Å². The van der Waals surface area contributed by atoms with Crippen LogP contribution >= 0.6 is 0 Å². The maximum absolute atomic E-state index is 12.0. The lowest BCUT2D eigenvalue weighted by molar-refractivity contribution is 0.0296. The van der Waals surface area contributed by atoms with Crippen molar-refractivity contribution in [2.45, 2.75) is 37.7 Å². The molecule has 0 radical (unpaired) electrons. The first-order chi connectivity index (χ1) is 9.11. The second kappa shape index (κ2) is 6.14. The van der Waals surface area contributed by atoms with E-state index in [4.69, 9.17) is 4.74 Å². The number of aliphatic hydroxyl groups is 2. The van der Waals surface area contributed by atoms with Gasteiger partial charge in [0.25, 0.3) is 5.91 Å². The van der Waals surface area contributed by atoms with E-state index >= 15 is 0 Å². The molecule has 0 spiro atoms. The van der Waals surface area contributed by atoms with Gasteiger partial charge < -0.3 is 20.3 Å². The Morgan fingerprint density at radius 2 is 2.00 bits per heavy atom. The number of hydrogen-bond donors (Lipinski definition) is 3. The Kier molecular flexibility index (Phi) is 4.52. The van der Waals surface area contributed by atoms with E-state index in [-0.39, 0.29) is 11.9 Å². The smallest absolute Gasteiger partial charge is 0.251 e. The summed E-state index contributed by atoms with van der Waals surface area (Å²) in [5, 5.41) is 21.9. The topological polar surface area (TPSA) is 78.8 Å². The maximum Gasteiger partial charge on any atom is 0.251 e. The normalized spacial score (nSPS) is 26.4. The van der Waals surface area contributed by atoms with Gasteiger partial charge in [-0.15, -0.1) is 0 Å². The van der Waals surface area contributed by atoms with Crippen molar-refractivity contribution in [1.29, 1.82) is 0 Å². The molecule has 1 saturated carbocycles. The van der Waals surface area contributed by atoms with Gasteiger partial charge >= 0.3 is 0 Å². The molecule has 104 valence electrons. The van der Waals surface area contributed by atoms with Crippen LogP contribution in [0.15, 0.2) is 24.3 Å². The minimum atomic E-state index is -0.878. The van der Waals surface area contributed by atoms with Gasteiger partial charge in [0.05, 0.1) is 18.8 Å². The first-order valence-corrected chi connectivity index (χ1v) is 6.36. The lowest BCUT2D eigenvalue weighted by atomic mass is 10.1. The summed E-state index contributed by atoms with van der Waals surface area (Å²) in [6, 6.07) is 6.74. The highest BCUT2D eigenvalue weighted by molar-refractivity contribution is 5.94. The molecule has 1 amide bonds. The van der Waals surface area contributed by atoms with Crippen LogP contribution in [-0.4, -0.2) is 41.5 Å². The number of carbonyl (C=O) groups excluding carboxylic acids is 1. The van der Waals surface area contributed by atoms with Crippen molar-refractivity contribution in [3.63, 3.8) is 0 Å². The van der Waals surface area contributed by atoms with Crippen LogP contribution in [0.4, 0.5) is 0 Å². The zero-order chi connectivity index (χ0) is 13.8. The minimum Gasteiger partial charge on any atom is -0.390 e. The fraction of sp³-hybridized carbons (Fsp3) is 0.500. The second-order valence-corrected chi connectivity index (χ2v) is 4.85. The average molecular weight is 265 g/mol. The summed E-state index contributed by atoms with van der Waals surface area (Å²) in [6.07, 6.45) is -0.513. The predicted octanol–water partition coefficient (Wildman–Crippen LogP) is 0.447. The van der Waals surface area contributed by atoms with Gasteiger partial charge in [0, 0.05) is 12.7 Å². The van der Waals surface area contributed by atoms with Crippen LogP contribution in [0.5, 0.6) is 0 Å². The number of ether oxygens (including phenoxy) is 1. The first kappa shape index (κ1) is 14.0. The molecular weight excluding hydrogens is 246 g/mol.